The minimum absolute atomic E-state index is 0.800. The van der Waals surface area contributed by atoms with Crippen LogP contribution < -0.4 is 5.73 Å². The van der Waals surface area contributed by atoms with E-state index < -0.39 is 0 Å². The van der Waals surface area contributed by atoms with E-state index in [0.717, 1.165) is 30.9 Å². The van der Waals surface area contributed by atoms with Gasteiger partial charge < -0.3 is 5.73 Å². The Morgan fingerprint density at radius 3 is 2.80 bits per heavy atom. The maximum absolute atomic E-state index is 5.32. The van der Waals surface area contributed by atoms with Gasteiger partial charge >= 0.3 is 0 Å². The van der Waals surface area contributed by atoms with Gasteiger partial charge in [-0.05, 0) is 18.7 Å². The minimum atomic E-state index is 0.800. The van der Waals surface area contributed by atoms with Crippen LogP contribution in [-0.2, 0) is 0 Å². The van der Waals surface area contributed by atoms with Crippen LogP contribution in [0.5, 0.6) is 0 Å². The summed E-state index contributed by atoms with van der Waals surface area (Å²) in [6.07, 6.45) is 2.08. The first-order chi connectivity index (χ1) is 4.91. The predicted octanol–water partition coefficient (Wildman–Crippen LogP) is 1.48. The molecule has 0 aliphatic rings. The Hall–Kier alpha value is -0.130. The summed E-state index contributed by atoms with van der Waals surface area (Å²) in [6.45, 7) is 2.87. The molecule has 0 unspecified atom stereocenters. The Morgan fingerprint density at radius 2 is 2.20 bits per heavy atom. The molecule has 0 rings (SSSR count). The molecule has 0 aromatic heterocycles. The number of thioether (sulfide) groups is 1. The molecule has 0 aliphatic carbocycles. The number of nitrogens with two attached hydrogens (primary N) is 1. The van der Waals surface area contributed by atoms with Crippen LogP contribution >= 0.6 is 11.8 Å². The monoisotopic (exact) mass is 157 g/mol. The van der Waals surface area contributed by atoms with Gasteiger partial charge in [0.1, 0.15) is 0 Å². The normalized spacial score (nSPS) is 8.60. The van der Waals surface area contributed by atoms with Gasteiger partial charge in [-0.1, -0.05) is 12.8 Å². The minimum Gasteiger partial charge on any atom is -0.330 e. The zero-order valence-electron chi connectivity index (χ0n) is 6.52. The Kier molecular flexibility index (Phi) is 8.75. The molecule has 10 heavy (non-hydrogen) atoms. The second-order valence-electron chi connectivity index (χ2n) is 1.90. The van der Waals surface area contributed by atoms with Crippen LogP contribution in [-0.4, -0.2) is 18.1 Å². The van der Waals surface area contributed by atoms with E-state index in [4.69, 9.17) is 5.73 Å². The van der Waals surface area contributed by atoms with Crippen molar-refractivity contribution in [2.45, 2.75) is 19.8 Å². The maximum Gasteiger partial charge on any atom is 0.0547 e. The van der Waals surface area contributed by atoms with Crippen molar-refractivity contribution in [2.75, 3.05) is 18.1 Å². The molecule has 0 fully saturated rings. The Bertz CT molecular complexity index is 112. The van der Waals surface area contributed by atoms with Crippen LogP contribution in [0.1, 0.15) is 19.8 Å². The lowest BCUT2D eigenvalue weighted by atomic mass is 10.5. The van der Waals surface area contributed by atoms with Crippen LogP contribution in [0.3, 0.4) is 0 Å². The highest BCUT2D eigenvalue weighted by atomic mass is 32.2. The van der Waals surface area contributed by atoms with Gasteiger partial charge in [0.25, 0.3) is 0 Å². The summed E-state index contributed by atoms with van der Waals surface area (Å²) < 4.78 is 0. The van der Waals surface area contributed by atoms with Crippen molar-refractivity contribution in [3.05, 3.63) is 0 Å². The molecule has 0 aliphatic heterocycles. The predicted molar refractivity (Wildman–Crippen MR) is 49.1 cm³/mol. The van der Waals surface area contributed by atoms with E-state index in [-0.39, 0.29) is 0 Å². The molecule has 58 valence electrons. The van der Waals surface area contributed by atoms with Crippen molar-refractivity contribution in [3.8, 4) is 11.8 Å². The first-order valence-electron chi connectivity index (χ1n) is 3.65. The van der Waals surface area contributed by atoms with Gasteiger partial charge in [-0.15, -0.1) is 17.7 Å². The molecule has 2 N–H and O–H groups in total. The second-order valence-corrected chi connectivity index (χ2v) is 3.01. The van der Waals surface area contributed by atoms with Crippen molar-refractivity contribution in [1.29, 1.82) is 0 Å². The maximum atomic E-state index is 5.32. The van der Waals surface area contributed by atoms with E-state index in [1.54, 1.807) is 0 Å². The van der Waals surface area contributed by atoms with Crippen LogP contribution in [0.4, 0.5) is 0 Å². The van der Waals surface area contributed by atoms with E-state index in [2.05, 4.69) is 18.8 Å². The molecule has 0 bridgehead atoms. The molecule has 0 spiro atoms. The van der Waals surface area contributed by atoms with Crippen molar-refractivity contribution in [1.82, 2.24) is 0 Å². The van der Waals surface area contributed by atoms with Crippen molar-refractivity contribution in [3.63, 3.8) is 0 Å². The summed E-state index contributed by atoms with van der Waals surface area (Å²) in [7, 11) is 0. The van der Waals surface area contributed by atoms with Gasteiger partial charge in [-0.2, -0.15) is 0 Å². The van der Waals surface area contributed by atoms with E-state index in [1.807, 2.05) is 11.8 Å². The average Bonchev–Trinajstić information content (AvgIpc) is 1.97. The zero-order valence-corrected chi connectivity index (χ0v) is 7.34. The standard InChI is InChI=1S/C8H15NS/c1-2-3-4-7-10-8-5-6-9/h2,5-9H2,1H3. The van der Waals surface area contributed by atoms with Crippen LogP contribution in [0, 0.1) is 11.8 Å². The average molecular weight is 157 g/mol. The fraction of sp³-hybridized carbons (Fsp3) is 0.750. The fourth-order valence-corrected chi connectivity index (χ4v) is 1.20. The molecule has 0 radical (unpaired) electrons. The third-order valence-electron chi connectivity index (χ3n) is 0.969. The number of rotatable bonds is 4. The van der Waals surface area contributed by atoms with Crippen molar-refractivity contribution < 1.29 is 0 Å². The first kappa shape index (κ1) is 9.87. The summed E-state index contributed by atoms with van der Waals surface area (Å²) in [6, 6.07) is 0. The molecular weight excluding hydrogens is 142 g/mol. The molecule has 0 saturated carbocycles. The summed E-state index contributed by atoms with van der Waals surface area (Å²) in [5.41, 5.74) is 5.32. The molecule has 0 aromatic rings. The van der Waals surface area contributed by atoms with Gasteiger partial charge in [0, 0.05) is 6.42 Å². The van der Waals surface area contributed by atoms with E-state index >= 15 is 0 Å². The Morgan fingerprint density at radius 1 is 1.40 bits per heavy atom. The molecule has 0 amide bonds. The van der Waals surface area contributed by atoms with Gasteiger partial charge in [0.2, 0.25) is 0 Å². The van der Waals surface area contributed by atoms with Crippen LogP contribution in [0.15, 0.2) is 0 Å². The lowest BCUT2D eigenvalue weighted by Crippen LogP contribution is -1.99. The van der Waals surface area contributed by atoms with E-state index in [0.29, 0.717) is 0 Å². The Labute approximate surface area is 67.8 Å². The molecule has 0 saturated heterocycles. The van der Waals surface area contributed by atoms with Crippen molar-refractivity contribution in [2.24, 2.45) is 5.73 Å². The summed E-state index contributed by atoms with van der Waals surface area (Å²) in [5, 5.41) is 0. The molecule has 0 aromatic carbocycles. The van der Waals surface area contributed by atoms with Crippen molar-refractivity contribution >= 4 is 11.8 Å². The lowest BCUT2D eigenvalue weighted by molar-refractivity contribution is 0.944. The van der Waals surface area contributed by atoms with Gasteiger partial charge in [0.15, 0.2) is 0 Å². The fourth-order valence-electron chi connectivity index (χ4n) is 0.485. The highest BCUT2D eigenvalue weighted by Crippen LogP contribution is 1.99. The van der Waals surface area contributed by atoms with Gasteiger partial charge in [-0.3, -0.25) is 0 Å². The number of hydrogen-bond acceptors (Lipinski definition) is 2. The third-order valence-corrected chi connectivity index (χ3v) is 1.89. The quantitative estimate of drug-likeness (QED) is 0.494. The summed E-state index contributed by atoms with van der Waals surface area (Å²) >= 11 is 1.86. The highest BCUT2D eigenvalue weighted by molar-refractivity contribution is 7.99. The summed E-state index contributed by atoms with van der Waals surface area (Å²) in [5.74, 6) is 8.20. The van der Waals surface area contributed by atoms with Gasteiger partial charge in [0.05, 0.1) is 5.75 Å². The second kappa shape index (κ2) is 8.87. The van der Waals surface area contributed by atoms with E-state index in [9.17, 15) is 0 Å². The van der Waals surface area contributed by atoms with E-state index in [1.165, 1.54) is 0 Å². The van der Waals surface area contributed by atoms with Gasteiger partial charge in [-0.25, -0.2) is 0 Å². The molecule has 2 heteroatoms. The SMILES string of the molecule is CCC#CCSCCCN. The molecule has 0 atom stereocenters. The topological polar surface area (TPSA) is 26.0 Å². The lowest BCUT2D eigenvalue weighted by Gasteiger charge is -1.91. The number of hydrogen-bond donors (Lipinski definition) is 1. The molecule has 0 heterocycles. The molecular formula is C8H15NS. The largest absolute Gasteiger partial charge is 0.330 e. The summed E-state index contributed by atoms with van der Waals surface area (Å²) in [4.78, 5) is 0. The first-order valence-corrected chi connectivity index (χ1v) is 4.80. The highest BCUT2D eigenvalue weighted by Gasteiger charge is 1.82. The zero-order chi connectivity index (χ0) is 7.66. The van der Waals surface area contributed by atoms with Crippen LogP contribution in [0.25, 0.3) is 0 Å². The molecule has 1 nitrogen and oxygen atoms in total. The Balaban J connectivity index is 2.90. The van der Waals surface area contributed by atoms with Crippen LogP contribution in [0.2, 0.25) is 0 Å². The smallest absolute Gasteiger partial charge is 0.0547 e. The third kappa shape index (κ3) is 7.87.